The van der Waals surface area contributed by atoms with E-state index in [-0.39, 0.29) is 12.1 Å². The molecule has 3 aromatic rings. The summed E-state index contributed by atoms with van der Waals surface area (Å²) in [6.45, 7) is -0.204. The first kappa shape index (κ1) is 16.5. The predicted molar refractivity (Wildman–Crippen MR) is 94.2 cm³/mol. The van der Waals surface area contributed by atoms with Crippen molar-refractivity contribution in [1.29, 1.82) is 0 Å². The van der Waals surface area contributed by atoms with Gasteiger partial charge in [0, 0.05) is 11.5 Å². The fraction of sp³-hybridized carbons (Fsp3) is 0.167. The molecule has 25 heavy (non-hydrogen) atoms. The van der Waals surface area contributed by atoms with Crippen molar-refractivity contribution in [3.8, 4) is 11.5 Å². The molecule has 0 radical (unpaired) electrons. The van der Waals surface area contributed by atoms with Crippen molar-refractivity contribution in [2.24, 2.45) is 0 Å². The Morgan fingerprint density at radius 1 is 1.16 bits per heavy atom. The van der Waals surface area contributed by atoms with E-state index < -0.39 is 5.91 Å². The van der Waals surface area contributed by atoms with Crippen molar-refractivity contribution in [2.45, 2.75) is 6.54 Å². The quantitative estimate of drug-likeness (QED) is 0.769. The number of hydrogen-bond acceptors (Lipinski definition) is 5. The number of nitrogens with one attached hydrogen (secondary N) is 1. The SMILES string of the molecule is COc1ccc(OC)c(NC(=O)Cn2ncc3ccccc3c2=O)c1. The van der Waals surface area contributed by atoms with Crippen LogP contribution in [0.1, 0.15) is 0 Å². The Morgan fingerprint density at radius 3 is 2.72 bits per heavy atom. The van der Waals surface area contributed by atoms with Gasteiger partial charge >= 0.3 is 0 Å². The minimum Gasteiger partial charge on any atom is -0.497 e. The van der Waals surface area contributed by atoms with Gasteiger partial charge < -0.3 is 14.8 Å². The molecule has 3 rings (SSSR count). The Hall–Kier alpha value is -3.35. The molecule has 0 saturated carbocycles. The van der Waals surface area contributed by atoms with Gasteiger partial charge in [0.1, 0.15) is 18.0 Å². The van der Waals surface area contributed by atoms with E-state index in [1.54, 1.807) is 42.6 Å². The van der Waals surface area contributed by atoms with E-state index in [1.165, 1.54) is 14.2 Å². The summed E-state index contributed by atoms with van der Waals surface area (Å²) in [4.78, 5) is 24.7. The Bertz CT molecular complexity index is 981. The lowest BCUT2D eigenvalue weighted by molar-refractivity contribution is -0.117. The van der Waals surface area contributed by atoms with Crippen LogP contribution in [0.2, 0.25) is 0 Å². The van der Waals surface area contributed by atoms with Crippen LogP contribution in [0.15, 0.2) is 53.5 Å². The van der Waals surface area contributed by atoms with Crippen molar-refractivity contribution in [3.05, 3.63) is 59.0 Å². The zero-order valence-corrected chi connectivity index (χ0v) is 13.9. The van der Waals surface area contributed by atoms with Gasteiger partial charge in [0.25, 0.3) is 5.56 Å². The number of carbonyl (C=O) groups excluding carboxylic acids is 1. The molecule has 0 bridgehead atoms. The summed E-state index contributed by atoms with van der Waals surface area (Å²) in [5, 5.41) is 8.02. The number of rotatable bonds is 5. The van der Waals surface area contributed by atoms with Gasteiger partial charge in [0.2, 0.25) is 5.91 Å². The van der Waals surface area contributed by atoms with Crippen LogP contribution in [-0.4, -0.2) is 29.9 Å². The Balaban J connectivity index is 1.84. The number of hydrogen-bond donors (Lipinski definition) is 1. The molecule has 1 N–H and O–H groups in total. The Labute approximate surface area is 143 Å². The smallest absolute Gasteiger partial charge is 0.275 e. The van der Waals surface area contributed by atoms with Crippen molar-refractivity contribution in [2.75, 3.05) is 19.5 Å². The molecule has 0 spiro atoms. The molecular formula is C18H17N3O4. The molecule has 7 nitrogen and oxygen atoms in total. The number of benzene rings is 2. The molecule has 0 aliphatic carbocycles. The van der Waals surface area contributed by atoms with Gasteiger partial charge in [-0.2, -0.15) is 5.10 Å². The third-order valence-electron chi connectivity index (χ3n) is 3.74. The lowest BCUT2D eigenvalue weighted by atomic mass is 10.2. The highest BCUT2D eigenvalue weighted by atomic mass is 16.5. The number of nitrogens with zero attached hydrogens (tertiary/aromatic N) is 2. The van der Waals surface area contributed by atoms with E-state index in [4.69, 9.17) is 9.47 Å². The minimum atomic E-state index is -0.392. The number of carbonyl (C=O) groups is 1. The molecule has 0 aliphatic heterocycles. The number of methoxy groups -OCH3 is 2. The fourth-order valence-electron chi connectivity index (χ4n) is 2.48. The molecular weight excluding hydrogens is 322 g/mol. The van der Waals surface area contributed by atoms with Gasteiger partial charge in [0.15, 0.2) is 0 Å². The fourth-order valence-corrected chi connectivity index (χ4v) is 2.48. The highest BCUT2D eigenvalue weighted by Crippen LogP contribution is 2.28. The normalized spacial score (nSPS) is 10.5. The van der Waals surface area contributed by atoms with E-state index in [0.29, 0.717) is 22.6 Å². The average molecular weight is 339 g/mol. The standard InChI is InChI=1S/C18H17N3O4/c1-24-13-7-8-16(25-2)15(9-13)20-17(22)11-21-18(23)14-6-4-3-5-12(14)10-19-21/h3-10H,11H2,1-2H3,(H,20,22). The second-order valence-electron chi connectivity index (χ2n) is 5.31. The first-order chi connectivity index (χ1) is 12.1. The van der Waals surface area contributed by atoms with Crippen molar-refractivity contribution < 1.29 is 14.3 Å². The summed E-state index contributed by atoms with van der Waals surface area (Å²) >= 11 is 0. The number of ether oxygens (including phenoxy) is 2. The molecule has 0 aliphatic rings. The van der Waals surface area contributed by atoms with E-state index in [2.05, 4.69) is 10.4 Å². The maximum absolute atomic E-state index is 12.4. The maximum atomic E-state index is 12.4. The highest BCUT2D eigenvalue weighted by Gasteiger charge is 2.12. The van der Waals surface area contributed by atoms with E-state index in [0.717, 1.165) is 10.1 Å². The molecule has 0 unspecified atom stereocenters. The molecule has 2 aromatic carbocycles. The number of fused-ring (bicyclic) bond motifs is 1. The van der Waals surface area contributed by atoms with Crippen LogP contribution >= 0.6 is 0 Å². The summed E-state index contributed by atoms with van der Waals surface area (Å²) < 4.78 is 11.5. The summed E-state index contributed by atoms with van der Waals surface area (Å²) in [5.74, 6) is 0.682. The molecule has 1 heterocycles. The van der Waals surface area contributed by atoms with Crippen LogP contribution < -0.4 is 20.3 Å². The summed E-state index contributed by atoms with van der Waals surface area (Å²) in [6, 6.07) is 12.2. The summed E-state index contributed by atoms with van der Waals surface area (Å²) in [6.07, 6.45) is 1.57. The number of aromatic nitrogens is 2. The first-order valence-corrected chi connectivity index (χ1v) is 7.59. The van der Waals surface area contributed by atoms with Crippen LogP contribution in [0.3, 0.4) is 0 Å². The van der Waals surface area contributed by atoms with Gasteiger partial charge in [-0.15, -0.1) is 0 Å². The molecule has 1 aromatic heterocycles. The zero-order chi connectivity index (χ0) is 17.8. The summed E-state index contributed by atoms with van der Waals surface area (Å²) in [5.41, 5.74) is 0.145. The Kier molecular flexibility index (Phi) is 4.65. The number of amides is 1. The van der Waals surface area contributed by atoms with E-state index in [9.17, 15) is 9.59 Å². The van der Waals surface area contributed by atoms with Crippen molar-refractivity contribution >= 4 is 22.4 Å². The van der Waals surface area contributed by atoms with Gasteiger partial charge in [-0.3, -0.25) is 9.59 Å². The maximum Gasteiger partial charge on any atom is 0.275 e. The van der Waals surface area contributed by atoms with Crippen LogP contribution in [-0.2, 0) is 11.3 Å². The van der Waals surface area contributed by atoms with E-state index in [1.807, 2.05) is 6.07 Å². The largest absolute Gasteiger partial charge is 0.497 e. The van der Waals surface area contributed by atoms with Gasteiger partial charge in [-0.1, -0.05) is 18.2 Å². The topological polar surface area (TPSA) is 82.4 Å². The van der Waals surface area contributed by atoms with Gasteiger partial charge in [-0.05, 0) is 18.2 Å². The van der Waals surface area contributed by atoms with Crippen LogP contribution in [0.4, 0.5) is 5.69 Å². The van der Waals surface area contributed by atoms with Gasteiger partial charge in [0.05, 0.1) is 31.5 Å². The molecule has 0 atom stereocenters. The summed E-state index contributed by atoms with van der Waals surface area (Å²) in [7, 11) is 3.04. The van der Waals surface area contributed by atoms with Gasteiger partial charge in [-0.25, -0.2) is 4.68 Å². The third-order valence-corrected chi connectivity index (χ3v) is 3.74. The minimum absolute atomic E-state index is 0.204. The monoisotopic (exact) mass is 339 g/mol. The lowest BCUT2D eigenvalue weighted by Crippen LogP contribution is -2.29. The zero-order valence-electron chi connectivity index (χ0n) is 13.9. The second kappa shape index (κ2) is 7.04. The average Bonchev–Trinajstić information content (AvgIpc) is 2.64. The molecule has 0 fully saturated rings. The van der Waals surface area contributed by atoms with Crippen molar-refractivity contribution in [3.63, 3.8) is 0 Å². The van der Waals surface area contributed by atoms with E-state index >= 15 is 0 Å². The predicted octanol–water partition coefficient (Wildman–Crippen LogP) is 2.05. The second-order valence-corrected chi connectivity index (χ2v) is 5.31. The highest BCUT2D eigenvalue weighted by molar-refractivity contribution is 5.92. The molecule has 7 heteroatoms. The van der Waals surface area contributed by atoms with Crippen LogP contribution in [0, 0.1) is 0 Å². The van der Waals surface area contributed by atoms with Crippen molar-refractivity contribution in [1.82, 2.24) is 9.78 Å². The molecule has 0 saturated heterocycles. The first-order valence-electron chi connectivity index (χ1n) is 7.59. The Morgan fingerprint density at radius 2 is 1.96 bits per heavy atom. The van der Waals surface area contributed by atoms with Crippen LogP contribution in [0.25, 0.3) is 10.8 Å². The van der Waals surface area contributed by atoms with Crippen LogP contribution in [0.5, 0.6) is 11.5 Å². The third kappa shape index (κ3) is 3.45. The lowest BCUT2D eigenvalue weighted by Gasteiger charge is -2.12. The molecule has 1 amide bonds. The molecule has 128 valence electrons. The number of anilines is 1.